The Bertz CT molecular complexity index is 1150. The van der Waals surface area contributed by atoms with Gasteiger partial charge in [-0.2, -0.15) is 0 Å². The average molecular weight is 470 g/mol. The zero-order valence-corrected chi connectivity index (χ0v) is 19.8. The minimum Gasteiger partial charge on any atom is -0.449 e. The van der Waals surface area contributed by atoms with Gasteiger partial charge in [-0.15, -0.1) is 0 Å². The van der Waals surface area contributed by atoms with E-state index in [4.69, 9.17) is 16.0 Å². The highest BCUT2D eigenvalue weighted by Crippen LogP contribution is 2.39. The van der Waals surface area contributed by atoms with Gasteiger partial charge in [-0.25, -0.2) is 15.0 Å². The van der Waals surface area contributed by atoms with Crippen molar-refractivity contribution in [3.63, 3.8) is 0 Å². The van der Waals surface area contributed by atoms with Crippen molar-refractivity contribution < 1.29 is 14.0 Å². The Hall–Kier alpha value is -3.10. The quantitative estimate of drug-likeness (QED) is 0.484. The van der Waals surface area contributed by atoms with Crippen molar-refractivity contribution in [3.05, 3.63) is 47.3 Å². The van der Waals surface area contributed by atoms with E-state index >= 15 is 0 Å². The third-order valence-electron chi connectivity index (χ3n) is 5.90. The van der Waals surface area contributed by atoms with E-state index in [0.717, 1.165) is 36.8 Å². The Morgan fingerprint density at radius 3 is 2.52 bits per heavy atom. The van der Waals surface area contributed by atoms with Crippen LogP contribution in [0.1, 0.15) is 42.7 Å². The lowest BCUT2D eigenvalue weighted by atomic mass is 9.88. The van der Waals surface area contributed by atoms with Gasteiger partial charge in [-0.3, -0.25) is 9.59 Å². The molecule has 2 heterocycles. The zero-order chi connectivity index (χ0) is 23.5. The van der Waals surface area contributed by atoms with Crippen LogP contribution < -0.4 is 15.6 Å². The molecule has 0 saturated heterocycles. The van der Waals surface area contributed by atoms with Crippen molar-refractivity contribution in [2.75, 3.05) is 36.8 Å². The Morgan fingerprint density at radius 1 is 1.12 bits per heavy atom. The van der Waals surface area contributed by atoms with Gasteiger partial charge in [-0.1, -0.05) is 30.9 Å². The number of carbonyl (C=O) groups excluding carboxylic acids is 2. The van der Waals surface area contributed by atoms with E-state index < -0.39 is 5.91 Å². The molecule has 4 rings (SSSR count). The van der Waals surface area contributed by atoms with Crippen molar-refractivity contribution in [1.82, 2.24) is 9.99 Å². The molecule has 0 unspecified atom stereocenters. The molecule has 33 heavy (non-hydrogen) atoms. The number of halogens is 1. The smallest absolute Gasteiger partial charge is 0.292 e. The molecule has 1 fully saturated rings. The van der Waals surface area contributed by atoms with E-state index in [1.54, 1.807) is 35.3 Å². The van der Waals surface area contributed by atoms with E-state index in [9.17, 15) is 9.59 Å². The second-order valence-electron chi connectivity index (χ2n) is 8.39. The monoisotopic (exact) mass is 469 g/mol. The molecule has 0 radical (unpaired) electrons. The third-order valence-corrected chi connectivity index (χ3v) is 6.12. The van der Waals surface area contributed by atoms with E-state index in [2.05, 4.69) is 15.6 Å². The van der Waals surface area contributed by atoms with Crippen molar-refractivity contribution in [2.45, 2.75) is 32.1 Å². The van der Waals surface area contributed by atoms with Gasteiger partial charge in [-0.05, 0) is 43.2 Å². The number of hydrazine groups is 1. The van der Waals surface area contributed by atoms with Gasteiger partial charge in [0.1, 0.15) is 11.5 Å². The molecule has 0 bridgehead atoms. The molecule has 2 N–H and O–H groups in total. The molecule has 2 aromatic heterocycles. The summed E-state index contributed by atoms with van der Waals surface area (Å²) in [6, 6.07) is 8.68. The van der Waals surface area contributed by atoms with Gasteiger partial charge in [0.05, 0.1) is 10.7 Å². The summed E-state index contributed by atoms with van der Waals surface area (Å²) in [6.45, 7) is 0. The van der Waals surface area contributed by atoms with Gasteiger partial charge >= 0.3 is 0 Å². The van der Waals surface area contributed by atoms with Crippen LogP contribution in [0, 0.1) is 5.92 Å². The van der Waals surface area contributed by atoms with Gasteiger partial charge in [0.2, 0.25) is 5.91 Å². The van der Waals surface area contributed by atoms with Crippen LogP contribution in [-0.4, -0.2) is 43.0 Å². The lowest BCUT2D eigenvalue weighted by Crippen LogP contribution is -2.46. The molecule has 1 aliphatic rings. The summed E-state index contributed by atoms with van der Waals surface area (Å²) in [5.41, 5.74) is 1.80. The van der Waals surface area contributed by atoms with Crippen molar-refractivity contribution in [1.29, 1.82) is 0 Å². The summed E-state index contributed by atoms with van der Waals surface area (Å²) >= 11 is 5.87. The first-order valence-electron chi connectivity index (χ1n) is 11.1. The highest BCUT2D eigenvalue weighted by molar-refractivity contribution is 6.30. The summed E-state index contributed by atoms with van der Waals surface area (Å²) in [6.07, 6.45) is 6.51. The molecule has 3 aromatic rings. The third kappa shape index (κ3) is 4.82. The molecular weight excluding hydrogens is 442 g/mol. The highest BCUT2D eigenvalue weighted by Gasteiger charge is 2.32. The SMILES string of the molecule is CNc1ccc2cc(C(=O)Nc3ccc(Cl)cn3)oc2c1N(C(=O)C1CCCCC1)N(C)C. The predicted molar refractivity (Wildman–Crippen MR) is 131 cm³/mol. The Kier molecular flexibility index (Phi) is 6.85. The molecule has 2 amide bonds. The fourth-order valence-electron chi connectivity index (χ4n) is 4.27. The number of rotatable bonds is 6. The Labute approximate surface area is 197 Å². The number of amides is 2. The van der Waals surface area contributed by atoms with Gasteiger partial charge in [0, 0.05) is 38.6 Å². The van der Waals surface area contributed by atoms with Gasteiger partial charge in [0.25, 0.3) is 5.91 Å². The summed E-state index contributed by atoms with van der Waals surface area (Å²) < 4.78 is 6.04. The minimum atomic E-state index is -0.437. The fraction of sp³-hybridized carbons (Fsp3) is 0.375. The lowest BCUT2D eigenvalue weighted by molar-refractivity contribution is -0.125. The number of nitrogens with one attached hydrogen (secondary N) is 2. The van der Waals surface area contributed by atoms with Gasteiger partial charge in [0.15, 0.2) is 11.3 Å². The lowest BCUT2D eigenvalue weighted by Gasteiger charge is -2.34. The fourth-order valence-corrected chi connectivity index (χ4v) is 4.38. The first-order valence-corrected chi connectivity index (χ1v) is 11.4. The standard InChI is InChI=1S/C24H28ClN5O3/c1-26-18-11-9-16-13-19(23(31)28-20-12-10-17(25)14-27-20)33-22(16)21(18)30(29(2)3)24(32)15-7-5-4-6-8-15/h9-15,26H,4-8H2,1-3H3,(H,27,28,31). The molecule has 8 nitrogen and oxygen atoms in total. The minimum absolute atomic E-state index is 0.0326. The largest absolute Gasteiger partial charge is 0.449 e. The number of anilines is 3. The molecule has 0 aliphatic heterocycles. The number of nitrogens with zero attached hydrogens (tertiary/aromatic N) is 3. The number of hydrogen-bond donors (Lipinski definition) is 2. The van der Waals surface area contributed by atoms with Gasteiger partial charge < -0.3 is 15.1 Å². The number of benzene rings is 1. The van der Waals surface area contributed by atoms with Crippen LogP contribution >= 0.6 is 11.6 Å². The first-order chi connectivity index (χ1) is 15.9. The average Bonchev–Trinajstić information content (AvgIpc) is 3.26. The molecule has 174 valence electrons. The maximum atomic E-state index is 13.6. The normalized spacial score (nSPS) is 14.5. The molecule has 1 saturated carbocycles. The van der Waals surface area contributed by atoms with E-state index in [1.807, 2.05) is 26.2 Å². The Balaban J connectivity index is 1.73. The van der Waals surface area contributed by atoms with Crippen LogP contribution in [0.15, 0.2) is 40.9 Å². The molecular formula is C24H28ClN5O3. The van der Waals surface area contributed by atoms with Crippen LogP contribution in [0.5, 0.6) is 0 Å². The molecule has 0 spiro atoms. The van der Waals surface area contributed by atoms with E-state index in [0.29, 0.717) is 22.1 Å². The number of aromatic nitrogens is 1. The maximum absolute atomic E-state index is 13.6. The second kappa shape index (κ2) is 9.80. The number of hydrogen-bond acceptors (Lipinski definition) is 6. The highest BCUT2D eigenvalue weighted by atomic mass is 35.5. The summed E-state index contributed by atoms with van der Waals surface area (Å²) in [5.74, 6) is 0.0581. The van der Waals surface area contributed by atoms with Crippen LogP contribution in [0.4, 0.5) is 17.2 Å². The van der Waals surface area contributed by atoms with Crippen LogP contribution in [-0.2, 0) is 4.79 Å². The topological polar surface area (TPSA) is 90.7 Å². The van der Waals surface area contributed by atoms with Crippen LogP contribution in [0.3, 0.4) is 0 Å². The number of carbonyl (C=O) groups is 2. The van der Waals surface area contributed by atoms with Crippen molar-refractivity contribution in [2.24, 2.45) is 5.92 Å². The molecule has 1 aliphatic carbocycles. The Morgan fingerprint density at radius 2 is 1.88 bits per heavy atom. The molecule has 0 atom stereocenters. The molecule has 9 heteroatoms. The van der Waals surface area contributed by atoms with Crippen LogP contribution in [0.2, 0.25) is 5.02 Å². The second-order valence-corrected chi connectivity index (χ2v) is 8.83. The van der Waals surface area contributed by atoms with Crippen molar-refractivity contribution >= 4 is 51.6 Å². The zero-order valence-electron chi connectivity index (χ0n) is 19.0. The maximum Gasteiger partial charge on any atom is 0.292 e. The van der Waals surface area contributed by atoms with E-state index in [-0.39, 0.29) is 17.6 Å². The summed E-state index contributed by atoms with van der Waals surface area (Å²) in [5, 5.41) is 10.5. The number of fused-ring (bicyclic) bond motifs is 1. The number of pyridine rings is 1. The molecule has 1 aromatic carbocycles. The summed E-state index contributed by atoms with van der Waals surface area (Å²) in [4.78, 5) is 30.5. The van der Waals surface area contributed by atoms with Crippen LogP contribution in [0.25, 0.3) is 11.0 Å². The van der Waals surface area contributed by atoms with E-state index in [1.165, 1.54) is 12.6 Å². The predicted octanol–water partition coefficient (Wildman–Crippen LogP) is 5.17. The van der Waals surface area contributed by atoms with Crippen molar-refractivity contribution in [3.8, 4) is 0 Å². The number of furan rings is 1. The summed E-state index contributed by atoms with van der Waals surface area (Å²) in [7, 11) is 5.47. The first kappa shape index (κ1) is 23.1.